The van der Waals surface area contributed by atoms with E-state index in [2.05, 4.69) is 10.3 Å². The van der Waals surface area contributed by atoms with E-state index in [1.54, 1.807) is 30.5 Å². The highest BCUT2D eigenvalue weighted by Gasteiger charge is 2.15. The molecule has 3 aromatic carbocycles. The molecule has 0 fully saturated rings. The lowest BCUT2D eigenvalue weighted by Crippen LogP contribution is -2.12. The zero-order valence-corrected chi connectivity index (χ0v) is 19.6. The maximum Gasteiger partial charge on any atom is 0.256 e. The largest absolute Gasteiger partial charge is 0.493 e. The van der Waals surface area contributed by atoms with Crippen molar-refractivity contribution in [2.24, 2.45) is 0 Å². The molecule has 5 rings (SSSR count). The second-order valence-corrected chi connectivity index (χ2v) is 8.70. The van der Waals surface area contributed by atoms with Crippen LogP contribution in [-0.4, -0.2) is 17.5 Å². The summed E-state index contributed by atoms with van der Waals surface area (Å²) in [6, 6.07) is 21.7. The Kier molecular flexibility index (Phi) is 6.39. The predicted molar refractivity (Wildman–Crippen MR) is 134 cm³/mol. The quantitative estimate of drug-likeness (QED) is 0.316. The van der Waals surface area contributed by atoms with Gasteiger partial charge in [-0.3, -0.25) is 4.79 Å². The van der Waals surface area contributed by atoms with Crippen LogP contribution in [0.5, 0.6) is 17.2 Å². The number of rotatable bonds is 5. The Hall–Kier alpha value is -3.54. The Morgan fingerprint density at radius 3 is 2.53 bits per heavy atom. The standard InChI is InChI=1S/C27H20Cl2N2O3/c28-21-7-3-17(4-8-21)19-11-12-30-26(15-19)31-27(32)18-5-9-22(10-6-18)34-25-16-24-20(14-23(25)29)2-1-13-33-24/h3-12,14-16H,1-2,13H2,(H,30,31,32). The first-order valence-electron chi connectivity index (χ1n) is 10.8. The lowest BCUT2D eigenvalue weighted by Gasteiger charge is -2.19. The summed E-state index contributed by atoms with van der Waals surface area (Å²) in [7, 11) is 0. The Labute approximate surface area is 207 Å². The third-order valence-corrected chi connectivity index (χ3v) is 6.03. The van der Waals surface area contributed by atoms with Crippen molar-refractivity contribution in [2.75, 3.05) is 11.9 Å². The Morgan fingerprint density at radius 2 is 1.74 bits per heavy atom. The number of aromatic nitrogens is 1. The number of aryl methyl sites for hydroxylation is 1. The third kappa shape index (κ3) is 5.01. The van der Waals surface area contributed by atoms with Gasteiger partial charge in [-0.05, 0) is 84.1 Å². The van der Waals surface area contributed by atoms with E-state index in [9.17, 15) is 4.79 Å². The third-order valence-electron chi connectivity index (χ3n) is 5.49. The summed E-state index contributed by atoms with van der Waals surface area (Å²) in [5.74, 6) is 2.07. The molecule has 0 saturated carbocycles. The minimum absolute atomic E-state index is 0.271. The monoisotopic (exact) mass is 490 g/mol. The van der Waals surface area contributed by atoms with Crippen LogP contribution in [0.2, 0.25) is 10.0 Å². The molecule has 0 bridgehead atoms. The summed E-state index contributed by atoms with van der Waals surface area (Å²) in [5, 5.41) is 4.03. The van der Waals surface area contributed by atoms with Crippen molar-refractivity contribution >= 4 is 34.9 Å². The summed E-state index contributed by atoms with van der Waals surface area (Å²) >= 11 is 12.4. The highest BCUT2D eigenvalue weighted by atomic mass is 35.5. The predicted octanol–water partition coefficient (Wildman–Crippen LogP) is 7.43. The first-order valence-corrected chi connectivity index (χ1v) is 11.6. The first-order chi connectivity index (χ1) is 16.5. The van der Waals surface area contributed by atoms with Crippen LogP contribution in [-0.2, 0) is 6.42 Å². The minimum Gasteiger partial charge on any atom is -0.493 e. The molecule has 1 N–H and O–H groups in total. The fourth-order valence-corrected chi connectivity index (χ4v) is 4.09. The summed E-state index contributed by atoms with van der Waals surface area (Å²) in [6.45, 7) is 0.690. The van der Waals surface area contributed by atoms with Gasteiger partial charge in [-0.25, -0.2) is 4.98 Å². The number of carbonyl (C=O) groups is 1. The Balaban J connectivity index is 1.27. The average Bonchev–Trinajstić information content (AvgIpc) is 2.85. The van der Waals surface area contributed by atoms with Crippen molar-refractivity contribution < 1.29 is 14.3 Å². The zero-order valence-electron chi connectivity index (χ0n) is 18.1. The number of pyridine rings is 1. The molecule has 2 heterocycles. The van der Waals surface area contributed by atoms with E-state index in [1.165, 1.54) is 0 Å². The molecular formula is C27H20Cl2N2O3. The molecule has 1 aromatic heterocycles. The van der Waals surface area contributed by atoms with E-state index < -0.39 is 0 Å². The molecule has 0 aliphatic carbocycles. The normalized spacial score (nSPS) is 12.4. The molecule has 1 amide bonds. The molecule has 0 atom stereocenters. The molecule has 1 aliphatic heterocycles. The maximum absolute atomic E-state index is 12.7. The molecular weight excluding hydrogens is 471 g/mol. The number of hydrogen-bond donors (Lipinski definition) is 1. The van der Waals surface area contributed by atoms with E-state index in [1.807, 2.05) is 48.5 Å². The fourth-order valence-electron chi connectivity index (χ4n) is 3.74. The van der Waals surface area contributed by atoms with Gasteiger partial charge in [0.1, 0.15) is 23.1 Å². The van der Waals surface area contributed by atoms with Crippen LogP contribution in [0.3, 0.4) is 0 Å². The van der Waals surface area contributed by atoms with Crippen LogP contribution in [0.1, 0.15) is 22.3 Å². The van der Waals surface area contributed by atoms with Crippen molar-refractivity contribution in [2.45, 2.75) is 12.8 Å². The number of amides is 1. The van der Waals surface area contributed by atoms with Gasteiger partial charge < -0.3 is 14.8 Å². The van der Waals surface area contributed by atoms with Crippen LogP contribution in [0, 0.1) is 0 Å². The van der Waals surface area contributed by atoms with Crippen molar-refractivity contribution in [3.8, 4) is 28.4 Å². The van der Waals surface area contributed by atoms with Crippen LogP contribution < -0.4 is 14.8 Å². The molecule has 34 heavy (non-hydrogen) atoms. The average molecular weight is 491 g/mol. The highest BCUT2D eigenvalue weighted by molar-refractivity contribution is 6.32. The zero-order chi connectivity index (χ0) is 23.5. The van der Waals surface area contributed by atoms with Gasteiger partial charge in [0.25, 0.3) is 5.91 Å². The number of anilines is 1. The number of halogens is 2. The van der Waals surface area contributed by atoms with Crippen LogP contribution in [0.25, 0.3) is 11.1 Å². The first kappa shape index (κ1) is 22.3. The van der Waals surface area contributed by atoms with Gasteiger partial charge in [0.05, 0.1) is 11.6 Å². The highest BCUT2D eigenvalue weighted by Crippen LogP contribution is 2.37. The lowest BCUT2D eigenvalue weighted by atomic mass is 10.1. The SMILES string of the molecule is O=C(Nc1cc(-c2ccc(Cl)cc2)ccn1)c1ccc(Oc2cc3c(cc2Cl)CCCO3)cc1. The van der Waals surface area contributed by atoms with Gasteiger partial charge in [-0.1, -0.05) is 35.3 Å². The van der Waals surface area contributed by atoms with Gasteiger partial charge in [0.15, 0.2) is 0 Å². The molecule has 0 saturated heterocycles. The number of nitrogens with zero attached hydrogens (tertiary/aromatic N) is 1. The molecule has 5 nitrogen and oxygen atoms in total. The topological polar surface area (TPSA) is 60.5 Å². The minimum atomic E-state index is -0.271. The molecule has 170 valence electrons. The Morgan fingerprint density at radius 1 is 0.941 bits per heavy atom. The summed E-state index contributed by atoms with van der Waals surface area (Å²) in [5.41, 5.74) is 3.47. The summed E-state index contributed by atoms with van der Waals surface area (Å²) in [4.78, 5) is 17.0. The lowest BCUT2D eigenvalue weighted by molar-refractivity contribution is 0.102. The second-order valence-electron chi connectivity index (χ2n) is 7.86. The fraction of sp³-hybridized carbons (Fsp3) is 0.111. The maximum atomic E-state index is 12.7. The smallest absolute Gasteiger partial charge is 0.256 e. The van der Waals surface area contributed by atoms with Crippen molar-refractivity contribution in [1.82, 2.24) is 4.98 Å². The number of ether oxygens (including phenoxy) is 2. The molecule has 1 aliphatic rings. The molecule has 0 unspecified atom stereocenters. The number of hydrogen-bond acceptors (Lipinski definition) is 4. The van der Waals surface area contributed by atoms with E-state index in [0.717, 1.165) is 35.3 Å². The number of nitrogens with one attached hydrogen (secondary N) is 1. The number of benzene rings is 3. The summed E-state index contributed by atoms with van der Waals surface area (Å²) in [6.07, 6.45) is 3.58. The van der Waals surface area contributed by atoms with Crippen molar-refractivity contribution in [3.63, 3.8) is 0 Å². The van der Waals surface area contributed by atoms with Gasteiger partial charge in [0, 0.05) is 22.8 Å². The number of carbonyl (C=O) groups excluding carboxylic acids is 1. The van der Waals surface area contributed by atoms with Crippen LogP contribution in [0.15, 0.2) is 79.0 Å². The van der Waals surface area contributed by atoms with Crippen molar-refractivity contribution in [1.29, 1.82) is 0 Å². The van der Waals surface area contributed by atoms with E-state index in [0.29, 0.717) is 39.5 Å². The Bertz CT molecular complexity index is 1340. The van der Waals surface area contributed by atoms with Gasteiger partial charge >= 0.3 is 0 Å². The van der Waals surface area contributed by atoms with Crippen LogP contribution >= 0.6 is 23.2 Å². The van der Waals surface area contributed by atoms with E-state index in [4.69, 9.17) is 32.7 Å². The number of fused-ring (bicyclic) bond motifs is 1. The molecule has 4 aromatic rings. The van der Waals surface area contributed by atoms with Gasteiger partial charge in [-0.2, -0.15) is 0 Å². The van der Waals surface area contributed by atoms with Gasteiger partial charge in [0.2, 0.25) is 0 Å². The van der Waals surface area contributed by atoms with E-state index in [-0.39, 0.29) is 5.91 Å². The van der Waals surface area contributed by atoms with Crippen molar-refractivity contribution in [3.05, 3.63) is 100 Å². The second kappa shape index (κ2) is 9.75. The van der Waals surface area contributed by atoms with Crippen LogP contribution in [0.4, 0.5) is 5.82 Å². The van der Waals surface area contributed by atoms with Gasteiger partial charge in [-0.15, -0.1) is 0 Å². The van der Waals surface area contributed by atoms with E-state index >= 15 is 0 Å². The summed E-state index contributed by atoms with van der Waals surface area (Å²) < 4.78 is 11.6. The molecule has 7 heteroatoms. The molecule has 0 radical (unpaired) electrons. The molecule has 0 spiro atoms.